The maximum absolute atomic E-state index is 12.3. The molecule has 1 aromatic heterocycles. The van der Waals surface area contributed by atoms with Crippen LogP contribution < -0.4 is 5.32 Å². The van der Waals surface area contributed by atoms with E-state index in [4.69, 9.17) is 9.26 Å². The summed E-state index contributed by atoms with van der Waals surface area (Å²) in [4.78, 5) is 16.7. The van der Waals surface area contributed by atoms with Gasteiger partial charge in [0.1, 0.15) is 13.2 Å². The molecule has 1 aliphatic carbocycles. The van der Waals surface area contributed by atoms with E-state index in [-0.39, 0.29) is 19.1 Å². The summed E-state index contributed by atoms with van der Waals surface area (Å²) in [5.41, 5.74) is 5.63. The maximum Gasteiger partial charge on any atom is 0.407 e. The maximum atomic E-state index is 12.3. The molecule has 1 aliphatic rings. The summed E-state index contributed by atoms with van der Waals surface area (Å²) in [6, 6.07) is 24.2. The Morgan fingerprint density at radius 2 is 1.55 bits per heavy atom. The quantitative estimate of drug-likeness (QED) is 0.356. The van der Waals surface area contributed by atoms with Crippen LogP contribution in [0.2, 0.25) is 0 Å². The fourth-order valence-corrected chi connectivity index (χ4v) is 4.50. The zero-order valence-corrected chi connectivity index (χ0v) is 18.6. The molecular formula is C24H18IN3O3. The molecule has 0 bridgehead atoms. The van der Waals surface area contributed by atoms with Gasteiger partial charge in [0.2, 0.25) is 11.7 Å². The molecule has 5 rings (SSSR count). The van der Waals surface area contributed by atoms with Gasteiger partial charge in [-0.2, -0.15) is 4.98 Å². The minimum absolute atomic E-state index is 0.0216. The van der Waals surface area contributed by atoms with Gasteiger partial charge in [0.05, 0.1) is 0 Å². The summed E-state index contributed by atoms with van der Waals surface area (Å²) in [5.74, 6) is 0.839. The van der Waals surface area contributed by atoms with E-state index in [2.05, 4.69) is 62.3 Å². The lowest BCUT2D eigenvalue weighted by Gasteiger charge is -2.14. The molecule has 4 aromatic rings. The minimum Gasteiger partial charge on any atom is -0.449 e. The van der Waals surface area contributed by atoms with Crippen LogP contribution in [0, 0.1) is 3.57 Å². The zero-order valence-electron chi connectivity index (χ0n) is 16.4. The normalized spacial score (nSPS) is 12.3. The van der Waals surface area contributed by atoms with Crippen molar-refractivity contribution in [1.82, 2.24) is 15.5 Å². The Hall–Kier alpha value is -3.20. The smallest absolute Gasteiger partial charge is 0.407 e. The number of rotatable bonds is 5. The Balaban J connectivity index is 1.21. The summed E-state index contributed by atoms with van der Waals surface area (Å²) in [7, 11) is 0. The second kappa shape index (κ2) is 8.50. The third kappa shape index (κ3) is 3.93. The second-order valence-electron chi connectivity index (χ2n) is 7.17. The predicted molar refractivity (Wildman–Crippen MR) is 124 cm³/mol. The highest BCUT2D eigenvalue weighted by Gasteiger charge is 2.29. The Bertz CT molecular complexity index is 1210. The highest BCUT2D eigenvalue weighted by atomic mass is 127. The van der Waals surface area contributed by atoms with Gasteiger partial charge in [0.25, 0.3) is 0 Å². The van der Waals surface area contributed by atoms with Gasteiger partial charge in [-0.25, -0.2) is 4.79 Å². The van der Waals surface area contributed by atoms with E-state index in [1.165, 1.54) is 22.3 Å². The van der Waals surface area contributed by atoms with Crippen LogP contribution in [0.15, 0.2) is 77.3 Å². The molecule has 0 fully saturated rings. The van der Waals surface area contributed by atoms with Gasteiger partial charge < -0.3 is 14.6 Å². The van der Waals surface area contributed by atoms with E-state index in [9.17, 15) is 4.79 Å². The van der Waals surface area contributed by atoms with Gasteiger partial charge >= 0.3 is 6.09 Å². The molecular weight excluding hydrogens is 505 g/mol. The van der Waals surface area contributed by atoms with E-state index in [0.717, 1.165) is 9.13 Å². The SMILES string of the molecule is O=C(NCc1nc(-c2ccccc2I)no1)OCC1c2ccccc2-c2ccccc21. The molecule has 1 N–H and O–H groups in total. The number of nitrogens with zero attached hydrogens (tertiary/aromatic N) is 2. The van der Waals surface area contributed by atoms with Crippen molar-refractivity contribution in [3.63, 3.8) is 0 Å². The molecule has 3 aromatic carbocycles. The van der Waals surface area contributed by atoms with Crippen molar-refractivity contribution >= 4 is 28.7 Å². The van der Waals surface area contributed by atoms with Crippen LogP contribution >= 0.6 is 22.6 Å². The van der Waals surface area contributed by atoms with Crippen LogP contribution in [-0.4, -0.2) is 22.8 Å². The molecule has 0 spiro atoms. The molecule has 154 valence electrons. The number of hydrogen-bond acceptors (Lipinski definition) is 5. The number of benzene rings is 3. The number of aromatic nitrogens is 2. The highest BCUT2D eigenvalue weighted by Crippen LogP contribution is 2.44. The first kappa shape index (κ1) is 19.7. The number of carbonyl (C=O) groups is 1. The van der Waals surface area contributed by atoms with Gasteiger partial charge in [-0.05, 0) is 57.0 Å². The molecule has 0 atom stereocenters. The summed E-state index contributed by atoms with van der Waals surface area (Å²) >= 11 is 2.22. The van der Waals surface area contributed by atoms with Crippen molar-refractivity contribution in [2.75, 3.05) is 6.61 Å². The predicted octanol–water partition coefficient (Wildman–Crippen LogP) is 5.38. The molecule has 0 aliphatic heterocycles. The third-order valence-corrected chi connectivity index (χ3v) is 6.25. The van der Waals surface area contributed by atoms with E-state index >= 15 is 0 Å². The van der Waals surface area contributed by atoms with E-state index in [1.54, 1.807) is 0 Å². The summed E-state index contributed by atoms with van der Waals surface area (Å²) in [6.45, 7) is 0.365. The highest BCUT2D eigenvalue weighted by molar-refractivity contribution is 14.1. The molecule has 1 heterocycles. The molecule has 0 unspecified atom stereocenters. The van der Waals surface area contributed by atoms with Crippen LogP contribution in [0.5, 0.6) is 0 Å². The van der Waals surface area contributed by atoms with Crippen LogP contribution in [0.3, 0.4) is 0 Å². The second-order valence-corrected chi connectivity index (χ2v) is 8.33. The van der Waals surface area contributed by atoms with Gasteiger partial charge in [0.15, 0.2) is 0 Å². The van der Waals surface area contributed by atoms with Crippen LogP contribution in [0.1, 0.15) is 22.9 Å². The van der Waals surface area contributed by atoms with Gasteiger partial charge in [-0.1, -0.05) is 65.8 Å². The summed E-state index contributed by atoms with van der Waals surface area (Å²) < 4.78 is 11.8. The molecule has 0 radical (unpaired) electrons. The van der Waals surface area contributed by atoms with Crippen LogP contribution in [-0.2, 0) is 11.3 Å². The first-order valence-corrected chi connectivity index (χ1v) is 10.9. The molecule has 0 saturated heterocycles. The molecule has 1 amide bonds. The molecule has 0 saturated carbocycles. The number of nitrogens with one attached hydrogen (secondary N) is 1. The Morgan fingerprint density at radius 3 is 2.23 bits per heavy atom. The Kier molecular flexibility index (Phi) is 5.42. The fourth-order valence-electron chi connectivity index (χ4n) is 3.88. The Morgan fingerprint density at radius 1 is 0.935 bits per heavy atom. The number of carbonyl (C=O) groups excluding carboxylic acids is 1. The van der Waals surface area contributed by atoms with Crippen molar-refractivity contribution in [2.45, 2.75) is 12.5 Å². The van der Waals surface area contributed by atoms with Gasteiger partial charge in [0, 0.05) is 15.1 Å². The lowest BCUT2D eigenvalue weighted by atomic mass is 9.98. The lowest BCUT2D eigenvalue weighted by molar-refractivity contribution is 0.141. The fraction of sp³-hybridized carbons (Fsp3) is 0.125. The monoisotopic (exact) mass is 523 g/mol. The summed E-state index contributed by atoms with van der Waals surface area (Å²) in [5, 5.41) is 6.69. The first-order chi connectivity index (χ1) is 15.2. The number of alkyl carbamates (subject to hydrolysis) is 1. The zero-order chi connectivity index (χ0) is 21.2. The van der Waals surface area contributed by atoms with E-state index in [0.29, 0.717) is 11.7 Å². The topological polar surface area (TPSA) is 77.3 Å². The number of amides is 1. The molecule has 6 nitrogen and oxygen atoms in total. The average molecular weight is 523 g/mol. The standard InChI is InChI=1S/C24H18IN3O3/c25-21-12-6-5-11-19(21)23-27-22(31-28-23)13-26-24(29)30-14-20-17-9-3-1-7-15(17)16-8-2-4-10-18(16)20/h1-12,20H,13-14H2,(H,26,29). The van der Waals surface area contributed by atoms with Crippen molar-refractivity contribution < 1.29 is 14.1 Å². The average Bonchev–Trinajstić information content (AvgIpc) is 3.39. The van der Waals surface area contributed by atoms with Crippen molar-refractivity contribution in [3.05, 3.63) is 93.4 Å². The first-order valence-electron chi connectivity index (χ1n) is 9.87. The third-order valence-electron chi connectivity index (χ3n) is 5.31. The minimum atomic E-state index is -0.518. The Labute approximate surface area is 192 Å². The van der Waals surface area contributed by atoms with Crippen molar-refractivity contribution in [2.24, 2.45) is 0 Å². The summed E-state index contributed by atoms with van der Waals surface area (Å²) in [6.07, 6.45) is -0.518. The van der Waals surface area contributed by atoms with Crippen molar-refractivity contribution in [3.8, 4) is 22.5 Å². The van der Waals surface area contributed by atoms with Crippen molar-refractivity contribution in [1.29, 1.82) is 0 Å². The number of halogens is 1. The number of fused-ring (bicyclic) bond motifs is 3. The van der Waals surface area contributed by atoms with Crippen LogP contribution in [0.25, 0.3) is 22.5 Å². The lowest BCUT2D eigenvalue weighted by Crippen LogP contribution is -2.25. The van der Waals surface area contributed by atoms with E-state index < -0.39 is 6.09 Å². The molecule has 31 heavy (non-hydrogen) atoms. The van der Waals surface area contributed by atoms with E-state index in [1.807, 2.05) is 48.5 Å². The van der Waals surface area contributed by atoms with Gasteiger partial charge in [-0.3, -0.25) is 0 Å². The number of hydrogen-bond donors (Lipinski definition) is 1. The molecule has 7 heteroatoms. The van der Waals surface area contributed by atoms with Gasteiger partial charge in [-0.15, -0.1) is 0 Å². The number of ether oxygens (including phenoxy) is 1. The largest absolute Gasteiger partial charge is 0.449 e. The van der Waals surface area contributed by atoms with Crippen LogP contribution in [0.4, 0.5) is 4.79 Å².